The van der Waals surface area contributed by atoms with Gasteiger partial charge in [0, 0.05) is 6.54 Å². The number of carboxylic acid groups (broad SMARTS) is 1. The number of carboxylic acids is 1. The van der Waals surface area contributed by atoms with E-state index in [0.717, 1.165) is 38.0 Å². The van der Waals surface area contributed by atoms with Crippen LogP contribution in [0, 0.1) is 5.92 Å². The number of hydrogen-bond acceptors (Lipinski definition) is 3. The van der Waals surface area contributed by atoms with Gasteiger partial charge in [0.1, 0.15) is 0 Å². The van der Waals surface area contributed by atoms with Crippen LogP contribution in [0.4, 0.5) is 0 Å². The molecular formula is C15H17N3O3. The van der Waals surface area contributed by atoms with Crippen LogP contribution in [0.15, 0.2) is 23.0 Å². The molecule has 1 aromatic heterocycles. The summed E-state index contributed by atoms with van der Waals surface area (Å²) in [7, 11) is 0. The minimum Gasteiger partial charge on any atom is -0.478 e. The lowest BCUT2D eigenvalue weighted by Crippen LogP contribution is -2.49. The van der Waals surface area contributed by atoms with E-state index < -0.39 is 5.97 Å². The number of nitrogens with one attached hydrogen (secondary N) is 1. The molecule has 3 aliphatic rings. The molecule has 0 aliphatic carbocycles. The molecule has 0 amide bonds. The molecule has 0 spiro atoms. The summed E-state index contributed by atoms with van der Waals surface area (Å²) in [5.74, 6) is -0.431. The highest BCUT2D eigenvalue weighted by Crippen LogP contribution is 2.36. The number of nitrogens with zero attached hydrogens (tertiary/aromatic N) is 2. The second-order valence-electron chi connectivity index (χ2n) is 6.04. The number of hydrogen-bond donors (Lipinski definition) is 2. The Hall–Kier alpha value is -2.08. The summed E-state index contributed by atoms with van der Waals surface area (Å²) in [6.07, 6.45) is 2.27. The molecule has 1 atom stereocenters. The van der Waals surface area contributed by atoms with Crippen LogP contribution in [-0.2, 0) is 0 Å². The van der Waals surface area contributed by atoms with Crippen LogP contribution < -0.4 is 5.69 Å². The lowest BCUT2D eigenvalue weighted by molar-refractivity contribution is 0.0574. The van der Waals surface area contributed by atoms with Gasteiger partial charge in [0.05, 0.1) is 22.6 Å². The minimum atomic E-state index is -0.978. The van der Waals surface area contributed by atoms with Crippen LogP contribution >= 0.6 is 0 Å². The Morgan fingerprint density at radius 1 is 1.29 bits per heavy atom. The van der Waals surface area contributed by atoms with E-state index in [9.17, 15) is 9.59 Å². The fourth-order valence-electron chi connectivity index (χ4n) is 3.82. The molecular weight excluding hydrogens is 270 g/mol. The van der Waals surface area contributed by atoms with Crippen molar-refractivity contribution in [3.05, 3.63) is 34.2 Å². The maximum absolute atomic E-state index is 12.3. The molecule has 4 heterocycles. The van der Waals surface area contributed by atoms with Gasteiger partial charge in [-0.2, -0.15) is 0 Å². The number of aromatic carboxylic acids is 1. The second kappa shape index (κ2) is 4.46. The number of aromatic nitrogens is 2. The first-order valence-electron chi connectivity index (χ1n) is 7.33. The lowest BCUT2D eigenvalue weighted by atomic mass is 9.84. The van der Waals surface area contributed by atoms with Crippen molar-refractivity contribution in [2.75, 3.05) is 19.6 Å². The van der Waals surface area contributed by atoms with Gasteiger partial charge in [0.2, 0.25) is 0 Å². The number of benzene rings is 1. The van der Waals surface area contributed by atoms with Gasteiger partial charge in [0.25, 0.3) is 0 Å². The topological polar surface area (TPSA) is 78.3 Å². The zero-order chi connectivity index (χ0) is 14.6. The summed E-state index contributed by atoms with van der Waals surface area (Å²) in [6, 6.07) is 5.05. The third-order valence-corrected chi connectivity index (χ3v) is 4.92. The number of fused-ring (bicyclic) bond motifs is 4. The van der Waals surface area contributed by atoms with Gasteiger partial charge < -0.3 is 15.0 Å². The smallest absolute Gasteiger partial charge is 0.335 e. The van der Waals surface area contributed by atoms with Gasteiger partial charge in [-0.1, -0.05) is 0 Å². The Morgan fingerprint density at radius 2 is 2.05 bits per heavy atom. The molecule has 3 fully saturated rings. The molecule has 110 valence electrons. The van der Waals surface area contributed by atoms with Gasteiger partial charge in [-0.3, -0.25) is 4.57 Å². The van der Waals surface area contributed by atoms with Crippen molar-refractivity contribution in [2.24, 2.45) is 5.92 Å². The van der Waals surface area contributed by atoms with Crippen molar-refractivity contribution in [1.29, 1.82) is 0 Å². The highest BCUT2D eigenvalue weighted by atomic mass is 16.4. The van der Waals surface area contributed by atoms with Crippen molar-refractivity contribution >= 4 is 17.0 Å². The standard InChI is InChI=1S/C15H17N3O3/c19-14(20)10-1-2-12-11(7-10)16-15(21)18(12)13-8-17-5-3-9(13)4-6-17/h1-2,7,9,13H,3-6,8H2,(H,16,21)(H,19,20). The van der Waals surface area contributed by atoms with E-state index in [1.54, 1.807) is 12.1 Å². The van der Waals surface area contributed by atoms with Crippen molar-refractivity contribution in [2.45, 2.75) is 18.9 Å². The molecule has 2 bridgehead atoms. The number of H-pyrrole nitrogens is 1. The van der Waals surface area contributed by atoms with E-state index in [1.165, 1.54) is 6.07 Å². The molecule has 6 heteroatoms. The van der Waals surface area contributed by atoms with Crippen molar-refractivity contribution in [3.8, 4) is 0 Å². The Labute approximate surface area is 121 Å². The summed E-state index contributed by atoms with van der Waals surface area (Å²) in [5.41, 5.74) is 1.48. The van der Waals surface area contributed by atoms with E-state index >= 15 is 0 Å². The summed E-state index contributed by atoms with van der Waals surface area (Å²) >= 11 is 0. The molecule has 5 rings (SSSR count). The van der Waals surface area contributed by atoms with Gasteiger partial charge in [-0.25, -0.2) is 9.59 Å². The average molecular weight is 287 g/mol. The third-order valence-electron chi connectivity index (χ3n) is 4.92. The van der Waals surface area contributed by atoms with E-state index in [1.807, 2.05) is 4.57 Å². The number of piperidine rings is 3. The second-order valence-corrected chi connectivity index (χ2v) is 6.04. The van der Waals surface area contributed by atoms with Gasteiger partial charge in [-0.15, -0.1) is 0 Å². The number of imidazole rings is 1. The SMILES string of the molecule is O=C(O)c1ccc2c(c1)[nH]c(=O)n2C1CN2CCC1CC2. The number of carbonyl (C=O) groups is 1. The van der Waals surface area contributed by atoms with Gasteiger partial charge in [-0.05, 0) is 50.0 Å². The van der Waals surface area contributed by atoms with E-state index in [-0.39, 0.29) is 17.3 Å². The van der Waals surface area contributed by atoms with Crippen LogP contribution in [-0.4, -0.2) is 45.2 Å². The van der Waals surface area contributed by atoms with Crippen LogP contribution in [0.5, 0.6) is 0 Å². The Kier molecular flexibility index (Phi) is 2.68. The van der Waals surface area contributed by atoms with E-state index in [4.69, 9.17) is 5.11 Å². The average Bonchev–Trinajstić information content (AvgIpc) is 2.83. The predicted octanol–water partition coefficient (Wildman–Crippen LogP) is 1.29. The first-order valence-corrected chi connectivity index (χ1v) is 7.33. The zero-order valence-corrected chi connectivity index (χ0v) is 11.6. The molecule has 2 aromatic rings. The van der Waals surface area contributed by atoms with Crippen molar-refractivity contribution in [3.63, 3.8) is 0 Å². The highest BCUT2D eigenvalue weighted by molar-refractivity contribution is 5.92. The first kappa shape index (κ1) is 12.6. The maximum Gasteiger partial charge on any atom is 0.335 e. The van der Waals surface area contributed by atoms with Gasteiger partial charge in [0.15, 0.2) is 0 Å². The van der Waals surface area contributed by atoms with E-state index in [2.05, 4.69) is 9.88 Å². The van der Waals surface area contributed by atoms with Crippen molar-refractivity contribution < 1.29 is 9.90 Å². The summed E-state index contributed by atoms with van der Waals surface area (Å²) in [6.45, 7) is 3.17. The summed E-state index contributed by atoms with van der Waals surface area (Å²) in [5, 5.41) is 9.05. The van der Waals surface area contributed by atoms with Crippen LogP contribution in [0.3, 0.4) is 0 Å². The first-order chi connectivity index (χ1) is 10.1. The van der Waals surface area contributed by atoms with Gasteiger partial charge >= 0.3 is 11.7 Å². The largest absolute Gasteiger partial charge is 0.478 e. The lowest BCUT2D eigenvalue weighted by Gasteiger charge is -2.45. The Balaban J connectivity index is 1.83. The molecule has 21 heavy (non-hydrogen) atoms. The molecule has 3 aliphatic heterocycles. The molecule has 0 saturated carbocycles. The van der Waals surface area contributed by atoms with Crippen LogP contribution in [0.1, 0.15) is 29.2 Å². The molecule has 0 radical (unpaired) electrons. The van der Waals surface area contributed by atoms with Crippen molar-refractivity contribution in [1.82, 2.24) is 14.5 Å². The summed E-state index contributed by atoms with van der Waals surface area (Å²) < 4.78 is 1.83. The zero-order valence-electron chi connectivity index (χ0n) is 11.6. The predicted molar refractivity (Wildman–Crippen MR) is 77.7 cm³/mol. The number of rotatable bonds is 2. The molecule has 1 aromatic carbocycles. The third kappa shape index (κ3) is 1.90. The minimum absolute atomic E-state index is 0.133. The maximum atomic E-state index is 12.3. The molecule has 1 unspecified atom stereocenters. The van der Waals surface area contributed by atoms with Crippen LogP contribution in [0.2, 0.25) is 0 Å². The molecule has 2 N–H and O–H groups in total. The fraction of sp³-hybridized carbons (Fsp3) is 0.467. The van der Waals surface area contributed by atoms with E-state index in [0.29, 0.717) is 11.4 Å². The normalized spacial score (nSPS) is 28.1. The molecule has 6 nitrogen and oxygen atoms in total. The summed E-state index contributed by atoms with van der Waals surface area (Å²) in [4.78, 5) is 28.6. The Morgan fingerprint density at radius 3 is 2.67 bits per heavy atom. The highest BCUT2D eigenvalue weighted by Gasteiger charge is 2.36. The number of aromatic amines is 1. The monoisotopic (exact) mass is 287 g/mol. The molecule has 3 saturated heterocycles. The Bertz CT molecular complexity index is 768. The fourth-order valence-corrected chi connectivity index (χ4v) is 3.82. The van der Waals surface area contributed by atoms with Crippen LogP contribution in [0.25, 0.3) is 11.0 Å². The quantitative estimate of drug-likeness (QED) is 0.872.